The minimum absolute atomic E-state index is 0.00737. The van der Waals surface area contributed by atoms with E-state index in [0.717, 1.165) is 17.1 Å². The number of thioether (sulfide) groups is 1. The third-order valence-electron chi connectivity index (χ3n) is 2.49. The van der Waals surface area contributed by atoms with Gasteiger partial charge in [0.25, 0.3) is 0 Å². The maximum atomic E-state index is 11.6. The van der Waals surface area contributed by atoms with Gasteiger partial charge in [-0.2, -0.15) is 0 Å². The molecule has 1 atom stereocenters. The van der Waals surface area contributed by atoms with Gasteiger partial charge in [0.2, 0.25) is 5.91 Å². The number of rotatable bonds is 7. The quantitative estimate of drug-likeness (QED) is 0.758. The highest BCUT2D eigenvalue weighted by Crippen LogP contribution is 2.20. The van der Waals surface area contributed by atoms with Crippen molar-refractivity contribution < 1.29 is 9.90 Å². The summed E-state index contributed by atoms with van der Waals surface area (Å²) in [6.45, 7) is 1.93. The summed E-state index contributed by atoms with van der Waals surface area (Å²) in [5.41, 5.74) is 0. The number of carbonyl (C=O) groups is 1. The maximum Gasteiger partial charge on any atom is 0.221 e. The highest BCUT2D eigenvalue weighted by Gasteiger charge is 2.08. The van der Waals surface area contributed by atoms with E-state index in [1.807, 2.05) is 31.2 Å². The van der Waals surface area contributed by atoms with Crippen molar-refractivity contribution >= 4 is 29.3 Å². The largest absolute Gasteiger partial charge is 0.394 e. The lowest BCUT2D eigenvalue weighted by Gasteiger charge is -2.13. The Bertz CT molecular complexity index is 366. The number of aliphatic hydroxyl groups is 1. The summed E-state index contributed by atoms with van der Waals surface area (Å²) < 4.78 is 0. The molecular weight excluding hydrogens is 270 g/mol. The fourth-order valence-electron chi connectivity index (χ4n) is 1.37. The highest BCUT2D eigenvalue weighted by atomic mass is 35.5. The number of hydrogen-bond donors (Lipinski definition) is 2. The first-order chi connectivity index (χ1) is 8.65. The van der Waals surface area contributed by atoms with Crippen molar-refractivity contribution in [3.63, 3.8) is 0 Å². The molecule has 18 heavy (non-hydrogen) atoms. The molecule has 0 aliphatic rings. The first-order valence-electron chi connectivity index (χ1n) is 5.94. The Morgan fingerprint density at radius 3 is 2.67 bits per heavy atom. The predicted octanol–water partition coefficient (Wildman–Crippen LogP) is 2.71. The fourth-order valence-corrected chi connectivity index (χ4v) is 2.35. The SMILES string of the molecule is CC[C@@H](CO)NC(=O)CCSc1ccc(Cl)cc1. The zero-order valence-corrected chi connectivity index (χ0v) is 11.9. The molecule has 1 amide bonds. The van der Waals surface area contributed by atoms with Crippen LogP contribution in [-0.2, 0) is 4.79 Å². The van der Waals surface area contributed by atoms with Gasteiger partial charge in [0, 0.05) is 22.1 Å². The van der Waals surface area contributed by atoms with Gasteiger partial charge in [0.15, 0.2) is 0 Å². The van der Waals surface area contributed by atoms with Crippen molar-refractivity contribution in [2.45, 2.75) is 30.7 Å². The van der Waals surface area contributed by atoms with Gasteiger partial charge in [-0.05, 0) is 30.7 Å². The van der Waals surface area contributed by atoms with Gasteiger partial charge < -0.3 is 10.4 Å². The normalized spacial score (nSPS) is 12.2. The van der Waals surface area contributed by atoms with Crippen LogP contribution in [0, 0.1) is 0 Å². The van der Waals surface area contributed by atoms with Gasteiger partial charge >= 0.3 is 0 Å². The number of hydrogen-bond acceptors (Lipinski definition) is 3. The molecule has 2 N–H and O–H groups in total. The second-order valence-corrected chi connectivity index (χ2v) is 5.51. The van der Waals surface area contributed by atoms with E-state index in [1.165, 1.54) is 0 Å². The minimum Gasteiger partial charge on any atom is -0.394 e. The van der Waals surface area contributed by atoms with Crippen molar-refractivity contribution in [3.05, 3.63) is 29.3 Å². The lowest BCUT2D eigenvalue weighted by Crippen LogP contribution is -2.37. The lowest BCUT2D eigenvalue weighted by molar-refractivity contribution is -0.121. The van der Waals surface area contributed by atoms with Crippen molar-refractivity contribution in [1.29, 1.82) is 0 Å². The van der Waals surface area contributed by atoms with Crippen molar-refractivity contribution in [2.24, 2.45) is 0 Å². The average Bonchev–Trinajstić information content (AvgIpc) is 2.38. The molecule has 100 valence electrons. The molecule has 0 aromatic heterocycles. The average molecular weight is 288 g/mol. The maximum absolute atomic E-state index is 11.6. The molecule has 0 heterocycles. The van der Waals surface area contributed by atoms with Crippen LogP contribution >= 0.6 is 23.4 Å². The van der Waals surface area contributed by atoms with Crippen LogP contribution in [0.15, 0.2) is 29.2 Å². The standard InChI is InChI=1S/C13H18ClNO2S/c1-2-11(9-16)15-13(17)7-8-18-12-5-3-10(14)4-6-12/h3-6,11,16H,2,7-9H2,1H3,(H,15,17)/t11-/m0/s1. The number of carbonyl (C=O) groups excluding carboxylic acids is 1. The van der Waals surface area contributed by atoms with Crippen LogP contribution in [0.2, 0.25) is 5.02 Å². The zero-order chi connectivity index (χ0) is 13.4. The van der Waals surface area contributed by atoms with Gasteiger partial charge in [-0.15, -0.1) is 11.8 Å². The Hall–Kier alpha value is -0.710. The first-order valence-corrected chi connectivity index (χ1v) is 7.30. The van der Waals surface area contributed by atoms with Crippen LogP contribution in [0.1, 0.15) is 19.8 Å². The monoisotopic (exact) mass is 287 g/mol. The van der Waals surface area contributed by atoms with Crippen molar-refractivity contribution in [3.8, 4) is 0 Å². The Morgan fingerprint density at radius 2 is 2.11 bits per heavy atom. The molecule has 0 saturated heterocycles. The summed E-state index contributed by atoms with van der Waals surface area (Å²) in [6, 6.07) is 7.42. The molecule has 1 rings (SSSR count). The van der Waals surface area contributed by atoms with Gasteiger partial charge in [-0.1, -0.05) is 18.5 Å². The molecule has 0 bridgehead atoms. The molecule has 0 spiro atoms. The van der Waals surface area contributed by atoms with E-state index in [2.05, 4.69) is 5.32 Å². The summed E-state index contributed by atoms with van der Waals surface area (Å²) >= 11 is 7.41. The predicted molar refractivity (Wildman–Crippen MR) is 76.1 cm³/mol. The van der Waals surface area contributed by atoms with Crippen LogP contribution < -0.4 is 5.32 Å². The van der Waals surface area contributed by atoms with E-state index >= 15 is 0 Å². The number of amides is 1. The Labute approximate surface area is 117 Å². The summed E-state index contributed by atoms with van der Waals surface area (Å²) in [5.74, 6) is 0.701. The summed E-state index contributed by atoms with van der Waals surface area (Å²) in [6.07, 6.45) is 1.19. The number of benzene rings is 1. The molecule has 5 heteroatoms. The number of halogens is 1. The molecule has 0 aliphatic carbocycles. The summed E-state index contributed by atoms with van der Waals surface area (Å²) in [7, 11) is 0. The van der Waals surface area contributed by atoms with Crippen LogP contribution in [0.3, 0.4) is 0 Å². The van der Waals surface area contributed by atoms with Crippen LogP contribution in [0.5, 0.6) is 0 Å². The Morgan fingerprint density at radius 1 is 1.44 bits per heavy atom. The molecule has 0 unspecified atom stereocenters. The third-order valence-corrected chi connectivity index (χ3v) is 3.76. The van der Waals surface area contributed by atoms with Crippen LogP contribution in [0.25, 0.3) is 0 Å². The van der Waals surface area contributed by atoms with Crippen LogP contribution in [0.4, 0.5) is 0 Å². The summed E-state index contributed by atoms with van der Waals surface area (Å²) in [4.78, 5) is 12.7. The molecule has 3 nitrogen and oxygen atoms in total. The van der Waals surface area contributed by atoms with Crippen LogP contribution in [-0.4, -0.2) is 29.4 Å². The minimum atomic E-state index is -0.127. The second kappa shape index (κ2) is 8.40. The van der Waals surface area contributed by atoms with E-state index < -0.39 is 0 Å². The van der Waals surface area contributed by atoms with Crippen molar-refractivity contribution in [1.82, 2.24) is 5.32 Å². The summed E-state index contributed by atoms with van der Waals surface area (Å²) in [5, 5.41) is 12.5. The van der Waals surface area contributed by atoms with E-state index in [-0.39, 0.29) is 18.6 Å². The Kier molecular flexibility index (Phi) is 7.16. The number of aliphatic hydroxyl groups excluding tert-OH is 1. The van der Waals surface area contributed by atoms with Gasteiger partial charge in [0.05, 0.1) is 12.6 Å². The molecule has 0 fully saturated rings. The van der Waals surface area contributed by atoms with E-state index in [1.54, 1.807) is 11.8 Å². The smallest absolute Gasteiger partial charge is 0.221 e. The zero-order valence-electron chi connectivity index (χ0n) is 10.4. The molecule has 0 saturated carbocycles. The van der Waals surface area contributed by atoms with Gasteiger partial charge in [0.1, 0.15) is 0 Å². The topological polar surface area (TPSA) is 49.3 Å². The number of nitrogens with one attached hydrogen (secondary N) is 1. The molecule has 1 aromatic rings. The molecular formula is C13H18ClNO2S. The molecule has 1 aromatic carbocycles. The van der Waals surface area contributed by atoms with E-state index in [4.69, 9.17) is 16.7 Å². The van der Waals surface area contributed by atoms with Crippen molar-refractivity contribution in [2.75, 3.05) is 12.4 Å². The van der Waals surface area contributed by atoms with Gasteiger partial charge in [-0.25, -0.2) is 0 Å². The van der Waals surface area contributed by atoms with E-state index in [0.29, 0.717) is 11.4 Å². The fraction of sp³-hybridized carbons (Fsp3) is 0.462. The Balaban J connectivity index is 2.25. The second-order valence-electron chi connectivity index (χ2n) is 3.91. The lowest BCUT2D eigenvalue weighted by atomic mass is 10.2. The van der Waals surface area contributed by atoms with E-state index in [9.17, 15) is 4.79 Å². The third kappa shape index (κ3) is 5.76. The van der Waals surface area contributed by atoms with Gasteiger partial charge in [-0.3, -0.25) is 4.79 Å². The first kappa shape index (κ1) is 15.3. The highest BCUT2D eigenvalue weighted by molar-refractivity contribution is 7.99. The molecule has 0 radical (unpaired) electrons. The molecule has 0 aliphatic heterocycles.